The van der Waals surface area contributed by atoms with E-state index >= 15 is 0 Å². The highest BCUT2D eigenvalue weighted by molar-refractivity contribution is 7.92. The van der Waals surface area contributed by atoms with Crippen LogP contribution < -0.4 is 9.04 Å². The van der Waals surface area contributed by atoms with Crippen LogP contribution in [0.3, 0.4) is 0 Å². The molecular weight excluding hydrogens is 383 g/mol. The summed E-state index contributed by atoms with van der Waals surface area (Å²) in [6.07, 6.45) is 0.0845. The van der Waals surface area contributed by atoms with Crippen molar-refractivity contribution in [3.63, 3.8) is 0 Å². The number of aromatic nitrogens is 1. The van der Waals surface area contributed by atoms with Crippen LogP contribution in [0, 0.1) is 5.82 Å². The van der Waals surface area contributed by atoms with Crippen molar-refractivity contribution >= 4 is 26.8 Å². The first-order valence-electron chi connectivity index (χ1n) is 8.32. The molecule has 0 atom stereocenters. The second kappa shape index (κ2) is 6.97. The van der Waals surface area contributed by atoms with Crippen molar-refractivity contribution < 1.29 is 22.0 Å². The third kappa shape index (κ3) is 3.29. The molecule has 0 saturated carbocycles. The highest BCUT2D eigenvalue weighted by atomic mass is 32.2. The van der Waals surface area contributed by atoms with Crippen LogP contribution in [-0.4, -0.2) is 20.4 Å². The van der Waals surface area contributed by atoms with Crippen molar-refractivity contribution in [2.75, 3.05) is 11.4 Å². The van der Waals surface area contributed by atoms with Crippen LogP contribution >= 0.6 is 0 Å². The second-order valence-electron chi connectivity index (χ2n) is 5.95. The molecule has 0 N–H and O–H groups in total. The number of para-hydroxylation sites is 2. The zero-order valence-electron chi connectivity index (χ0n) is 14.7. The fourth-order valence-electron chi connectivity index (χ4n) is 2.66. The van der Waals surface area contributed by atoms with Gasteiger partial charge in [0.25, 0.3) is 10.0 Å². The van der Waals surface area contributed by atoms with Gasteiger partial charge in [0.2, 0.25) is 0 Å². The smallest absolute Gasteiger partial charge is 0.400 e. The lowest BCUT2D eigenvalue weighted by Gasteiger charge is -2.20. The SMILES string of the molecule is CN(c1ccc(Oc2nc3ccccc3o2)cc1)S(=O)(=O)c1ccccc1F. The Kier molecular flexibility index (Phi) is 4.48. The molecule has 1 heterocycles. The number of fused-ring (bicyclic) bond motifs is 1. The molecule has 0 aliphatic carbocycles. The lowest BCUT2D eigenvalue weighted by Crippen LogP contribution is -2.27. The number of hydrogen-bond acceptors (Lipinski definition) is 5. The number of halogens is 1. The van der Waals surface area contributed by atoms with E-state index in [2.05, 4.69) is 4.98 Å². The van der Waals surface area contributed by atoms with Crippen LogP contribution in [0.2, 0.25) is 0 Å². The first-order valence-corrected chi connectivity index (χ1v) is 9.76. The van der Waals surface area contributed by atoms with Gasteiger partial charge in [-0.1, -0.05) is 24.3 Å². The minimum Gasteiger partial charge on any atom is -0.411 e. The molecular formula is C20H15FN2O4S. The van der Waals surface area contributed by atoms with E-state index in [9.17, 15) is 12.8 Å². The molecule has 0 aliphatic heterocycles. The minimum atomic E-state index is -4.03. The van der Waals surface area contributed by atoms with Crippen molar-refractivity contribution in [1.29, 1.82) is 0 Å². The van der Waals surface area contributed by atoms with E-state index in [0.29, 0.717) is 22.5 Å². The van der Waals surface area contributed by atoms with E-state index < -0.39 is 15.8 Å². The monoisotopic (exact) mass is 398 g/mol. The summed E-state index contributed by atoms with van der Waals surface area (Å²) >= 11 is 0. The highest BCUT2D eigenvalue weighted by Gasteiger charge is 2.24. The fraction of sp³-hybridized carbons (Fsp3) is 0.0500. The van der Waals surface area contributed by atoms with Gasteiger partial charge >= 0.3 is 6.08 Å². The molecule has 0 radical (unpaired) electrons. The summed E-state index contributed by atoms with van der Waals surface area (Å²) in [4.78, 5) is 3.83. The van der Waals surface area contributed by atoms with Crippen LogP contribution in [0.25, 0.3) is 11.1 Å². The van der Waals surface area contributed by atoms with E-state index in [0.717, 1.165) is 10.4 Å². The maximum Gasteiger partial charge on any atom is 0.400 e. The van der Waals surface area contributed by atoms with E-state index in [1.165, 1.54) is 25.2 Å². The molecule has 0 bridgehead atoms. The Balaban J connectivity index is 1.56. The number of nitrogens with zero attached hydrogens (tertiary/aromatic N) is 2. The van der Waals surface area contributed by atoms with Gasteiger partial charge in [-0.3, -0.25) is 4.31 Å². The summed E-state index contributed by atoms with van der Waals surface area (Å²) < 4.78 is 51.3. The van der Waals surface area contributed by atoms with Crippen LogP contribution in [0.5, 0.6) is 11.8 Å². The standard InChI is InChI=1S/C20H15FN2O4S/c1-23(28(24,25)19-9-5-2-6-16(19)21)14-10-12-15(13-11-14)26-20-22-17-7-3-4-8-18(17)27-20/h2-13H,1H3. The largest absolute Gasteiger partial charge is 0.411 e. The number of benzene rings is 3. The molecule has 28 heavy (non-hydrogen) atoms. The van der Waals surface area contributed by atoms with Crippen molar-refractivity contribution in [3.05, 3.63) is 78.6 Å². The summed E-state index contributed by atoms with van der Waals surface area (Å²) in [5.41, 5.74) is 1.63. The normalized spacial score (nSPS) is 11.5. The topological polar surface area (TPSA) is 72.6 Å². The quantitative estimate of drug-likeness (QED) is 0.492. The number of rotatable bonds is 5. The van der Waals surface area contributed by atoms with Gasteiger partial charge < -0.3 is 9.15 Å². The fourth-order valence-corrected chi connectivity index (χ4v) is 3.92. The zero-order chi connectivity index (χ0) is 19.7. The van der Waals surface area contributed by atoms with E-state index in [1.807, 2.05) is 12.1 Å². The Hall–Kier alpha value is -3.39. The maximum absolute atomic E-state index is 13.9. The predicted octanol–water partition coefficient (Wildman–Crippen LogP) is 4.58. The lowest BCUT2D eigenvalue weighted by atomic mass is 10.3. The van der Waals surface area contributed by atoms with Gasteiger partial charge in [-0.05, 0) is 48.5 Å². The van der Waals surface area contributed by atoms with E-state index in [4.69, 9.17) is 9.15 Å². The Morgan fingerprint density at radius 3 is 2.36 bits per heavy atom. The first kappa shape index (κ1) is 18.0. The molecule has 0 spiro atoms. The van der Waals surface area contributed by atoms with Gasteiger partial charge in [0.1, 0.15) is 22.0 Å². The molecule has 142 valence electrons. The van der Waals surface area contributed by atoms with Crippen molar-refractivity contribution in [1.82, 2.24) is 4.98 Å². The van der Waals surface area contributed by atoms with Crippen LogP contribution in [-0.2, 0) is 10.0 Å². The van der Waals surface area contributed by atoms with Crippen LogP contribution in [0.4, 0.5) is 10.1 Å². The maximum atomic E-state index is 13.9. The summed E-state index contributed by atoms with van der Waals surface area (Å²) in [6.45, 7) is 0. The average molecular weight is 398 g/mol. The summed E-state index contributed by atoms with van der Waals surface area (Å²) in [5, 5.41) is 0. The van der Waals surface area contributed by atoms with E-state index in [-0.39, 0.29) is 11.0 Å². The van der Waals surface area contributed by atoms with Crippen molar-refractivity contribution in [3.8, 4) is 11.8 Å². The molecule has 1 aromatic heterocycles. The first-order chi connectivity index (χ1) is 13.4. The summed E-state index contributed by atoms with van der Waals surface area (Å²) in [5.74, 6) is -0.378. The number of ether oxygens (including phenoxy) is 1. The molecule has 0 unspecified atom stereocenters. The molecule has 4 aromatic rings. The Bertz CT molecular complexity index is 1200. The third-order valence-corrected chi connectivity index (χ3v) is 5.97. The van der Waals surface area contributed by atoms with Crippen LogP contribution in [0.1, 0.15) is 0 Å². The minimum absolute atomic E-state index is 0.0845. The van der Waals surface area contributed by atoms with Crippen LogP contribution in [0.15, 0.2) is 82.1 Å². The molecule has 3 aromatic carbocycles. The van der Waals surface area contributed by atoms with Gasteiger partial charge in [0.15, 0.2) is 5.58 Å². The summed E-state index contributed by atoms with van der Waals surface area (Å²) in [6, 6.07) is 18.8. The third-order valence-electron chi connectivity index (χ3n) is 4.15. The van der Waals surface area contributed by atoms with Gasteiger partial charge in [-0.15, -0.1) is 0 Å². The molecule has 6 nitrogen and oxygen atoms in total. The molecule has 0 aliphatic rings. The average Bonchev–Trinajstić information content (AvgIpc) is 3.10. The second-order valence-corrected chi connectivity index (χ2v) is 7.88. The molecule has 0 amide bonds. The van der Waals surface area contributed by atoms with Crippen molar-refractivity contribution in [2.24, 2.45) is 0 Å². The number of hydrogen-bond donors (Lipinski definition) is 0. The van der Waals surface area contributed by atoms with E-state index in [1.54, 1.807) is 36.4 Å². The number of oxazole rings is 1. The predicted molar refractivity (Wildman–Crippen MR) is 103 cm³/mol. The Morgan fingerprint density at radius 1 is 0.964 bits per heavy atom. The number of sulfonamides is 1. The van der Waals surface area contributed by atoms with Gasteiger partial charge in [0, 0.05) is 7.05 Å². The Labute approximate surface area is 160 Å². The highest BCUT2D eigenvalue weighted by Crippen LogP contribution is 2.29. The lowest BCUT2D eigenvalue weighted by molar-refractivity contribution is 0.343. The molecule has 4 rings (SSSR count). The van der Waals surface area contributed by atoms with Gasteiger partial charge in [0.05, 0.1) is 5.69 Å². The van der Waals surface area contributed by atoms with Crippen molar-refractivity contribution in [2.45, 2.75) is 4.90 Å². The number of anilines is 1. The van der Waals surface area contributed by atoms with Gasteiger partial charge in [-0.25, -0.2) is 12.8 Å². The molecule has 8 heteroatoms. The summed E-state index contributed by atoms with van der Waals surface area (Å²) in [7, 11) is -2.67. The van der Waals surface area contributed by atoms with Gasteiger partial charge in [-0.2, -0.15) is 4.98 Å². The Morgan fingerprint density at radius 2 is 1.64 bits per heavy atom. The molecule has 0 fully saturated rings. The molecule has 0 saturated heterocycles. The zero-order valence-corrected chi connectivity index (χ0v) is 15.6.